The van der Waals surface area contributed by atoms with Gasteiger partial charge in [0.1, 0.15) is 5.60 Å². The van der Waals surface area contributed by atoms with Crippen LogP contribution >= 0.6 is 15.9 Å². The molecule has 1 atom stereocenters. The molecule has 25 heavy (non-hydrogen) atoms. The molecule has 3 rings (SSSR count). The van der Waals surface area contributed by atoms with Crippen molar-refractivity contribution >= 4 is 38.9 Å². The van der Waals surface area contributed by atoms with Crippen LogP contribution in [0.25, 0.3) is 10.9 Å². The summed E-state index contributed by atoms with van der Waals surface area (Å²) in [7, 11) is 0. The maximum absolute atomic E-state index is 12.2. The molecule has 1 amide bonds. The Balaban J connectivity index is 1.88. The number of aromatic nitrogens is 2. The highest BCUT2D eigenvalue weighted by Gasteiger charge is 2.32. The number of amides is 1. The van der Waals surface area contributed by atoms with E-state index in [0.29, 0.717) is 24.9 Å². The summed E-state index contributed by atoms with van der Waals surface area (Å²) in [5.74, 6) is -1.07. The van der Waals surface area contributed by atoms with Crippen molar-refractivity contribution in [3.05, 3.63) is 28.4 Å². The molecule has 1 fully saturated rings. The smallest absolute Gasteiger partial charge is 0.410 e. The second-order valence-corrected chi connectivity index (χ2v) is 8.04. The molecule has 7 nitrogen and oxygen atoms in total. The minimum absolute atomic E-state index is 0.0204. The number of carbonyl (C=O) groups excluding carboxylic acids is 1. The Morgan fingerprint density at radius 3 is 2.72 bits per heavy atom. The van der Waals surface area contributed by atoms with Crippen LogP contribution in [-0.2, 0) is 4.74 Å². The zero-order chi connectivity index (χ0) is 18.4. The number of hydrogen-bond acceptors (Lipinski definition) is 4. The van der Waals surface area contributed by atoms with Gasteiger partial charge in [-0.15, -0.1) is 0 Å². The summed E-state index contributed by atoms with van der Waals surface area (Å²) >= 11 is 3.37. The number of carboxylic acids is 1. The van der Waals surface area contributed by atoms with Crippen molar-refractivity contribution in [1.82, 2.24) is 14.7 Å². The number of hydrogen-bond donors (Lipinski definition) is 1. The highest BCUT2D eigenvalue weighted by Crippen LogP contribution is 2.30. The van der Waals surface area contributed by atoms with E-state index in [4.69, 9.17) is 4.74 Å². The van der Waals surface area contributed by atoms with E-state index in [-0.39, 0.29) is 17.8 Å². The van der Waals surface area contributed by atoms with E-state index in [9.17, 15) is 14.7 Å². The van der Waals surface area contributed by atoms with Crippen molar-refractivity contribution < 1.29 is 19.4 Å². The molecule has 1 aliphatic rings. The third-order valence-corrected chi connectivity index (χ3v) is 4.53. The number of fused-ring (bicyclic) bond motifs is 1. The summed E-state index contributed by atoms with van der Waals surface area (Å²) < 4.78 is 7.92. The SMILES string of the molecule is CC(C)(C)OC(=O)N1CC[C@@H](n2nc(C(=O)O)c3cc(Br)ccc32)C1. The molecule has 0 bridgehead atoms. The number of likely N-dealkylation sites (tertiary alicyclic amines) is 1. The van der Waals surface area contributed by atoms with Crippen molar-refractivity contribution in [2.45, 2.75) is 38.8 Å². The number of rotatable bonds is 2. The van der Waals surface area contributed by atoms with Crippen LogP contribution in [0.3, 0.4) is 0 Å². The predicted molar refractivity (Wildman–Crippen MR) is 95.9 cm³/mol. The minimum atomic E-state index is -1.07. The molecular formula is C17H20BrN3O4. The Kier molecular flexibility index (Phi) is 4.49. The van der Waals surface area contributed by atoms with E-state index in [1.54, 1.807) is 15.6 Å². The predicted octanol–water partition coefficient (Wildman–Crippen LogP) is 3.68. The highest BCUT2D eigenvalue weighted by molar-refractivity contribution is 9.10. The fourth-order valence-electron chi connectivity index (χ4n) is 2.98. The van der Waals surface area contributed by atoms with Crippen molar-refractivity contribution in [1.29, 1.82) is 0 Å². The molecule has 1 aromatic carbocycles. The molecule has 1 aliphatic heterocycles. The third-order valence-electron chi connectivity index (χ3n) is 4.03. The van der Waals surface area contributed by atoms with Crippen molar-refractivity contribution in [3.8, 4) is 0 Å². The maximum Gasteiger partial charge on any atom is 0.410 e. The van der Waals surface area contributed by atoms with Crippen LogP contribution in [-0.4, -0.2) is 50.5 Å². The number of halogens is 1. The van der Waals surface area contributed by atoms with Gasteiger partial charge in [0, 0.05) is 22.9 Å². The Bertz CT molecular complexity index is 840. The molecule has 0 unspecified atom stereocenters. The van der Waals surface area contributed by atoms with Crippen LogP contribution in [0.1, 0.15) is 43.7 Å². The maximum atomic E-state index is 12.2. The molecule has 8 heteroatoms. The molecule has 0 spiro atoms. The fourth-order valence-corrected chi connectivity index (χ4v) is 3.34. The average molecular weight is 410 g/mol. The van der Waals surface area contributed by atoms with Gasteiger partial charge in [0.2, 0.25) is 0 Å². The number of carboxylic acid groups (broad SMARTS) is 1. The van der Waals surface area contributed by atoms with Gasteiger partial charge in [-0.1, -0.05) is 15.9 Å². The van der Waals surface area contributed by atoms with Gasteiger partial charge in [0.05, 0.1) is 11.6 Å². The lowest BCUT2D eigenvalue weighted by Crippen LogP contribution is -2.35. The largest absolute Gasteiger partial charge is 0.476 e. The van der Waals surface area contributed by atoms with Gasteiger partial charge < -0.3 is 14.7 Å². The first-order valence-electron chi connectivity index (χ1n) is 8.05. The molecule has 0 aliphatic carbocycles. The third kappa shape index (κ3) is 3.63. The number of benzene rings is 1. The quantitative estimate of drug-likeness (QED) is 0.817. The number of ether oxygens (including phenoxy) is 1. The lowest BCUT2D eigenvalue weighted by Gasteiger charge is -2.24. The van der Waals surface area contributed by atoms with Gasteiger partial charge in [-0.2, -0.15) is 5.10 Å². The molecule has 0 saturated carbocycles. The van der Waals surface area contributed by atoms with Crippen LogP contribution in [0.2, 0.25) is 0 Å². The Labute approximate surface area is 153 Å². The van der Waals surface area contributed by atoms with Crippen LogP contribution in [0.15, 0.2) is 22.7 Å². The first kappa shape index (κ1) is 17.7. The van der Waals surface area contributed by atoms with Crippen LogP contribution in [0, 0.1) is 0 Å². The van der Waals surface area contributed by atoms with Crippen molar-refractivity contribution in [3.63, 3.8) is 0 Å². The fraction of sp³-hybridized carbons (Fsp3) is 0.471. The lowest BCUT2D eigenvalue weighted by molar-refractivity contribution is 0.0288. The van der Waals surface area contributed by atoms with Gasteiger partial charge in [-0.3, -0.25) is 4.68 Å². The van der Waals surface area contributed by atoms with E-state index in [1.807, 2.05) is 32.9 Å². The molecule has 1 N–H and O–H groups in total. The Morgan fingerprint density at radius 1 is 1.36 bits per heavy atom. The van der Waals surface area contributed by atoms with Crippen molar-refractivity contribution in [2.24, 2.45) is 0 Å². The van der Waals surface area contributed by atoms with Gasteiger partial charge >= 0.3 is 12.1 Å². The molecule has 134 valence electrons. The van der Waals surface area contributed by atoms with Crippen LogP contribution in [0.5, 0.6) is 0 Å². The average Bonchev–Trinajstić information content (AvgIpc) is 3.08. The topological polar surface area (TPSA) is 84.7 Å². The lowest BCUT2D eigenvalue weighted by atomic mass is 10.2. The zero-order valence-electron chi connectivity index (χ0n) is 14.3. The standard InChI is InChI=1S/C17H20BrN3O4/c1-17(2,3)25-16(24)20-7-6-11(9-20)21-13-5-4-10(18)8-12(13)14(19-21)15(22)23/h4-5,8,11H,6-7,9H2,1-3H3,(H,22,23)/t11-/m1/s1. The molecule has 2 aromatic rings. The van der Waals surface area contributed by atoms with Gasteiger partial charge in [0.25, 0.3) is 0 Å². The summed E-state index contributed by atoms with van der Waals surface area (Å²) in [6, 6.07) is 5.37. The van der Waals surface area contributed by atoms with Gasteiger partial charge in [-0.05, 0) is 45.4 Å². The summed E-state index contributed by atoms with van der Waals surface area (Å²) in [6.45, 7) is 6.49. The Morgan fingerprint density at radius 2 is 2.08 bits per heavy atom. The molecule has 0 radical (unpaired) electrons. The second kappa shape index (κ2) is 6.33. The van der Waals surface area contributed by atoms with E-state index in [1.165, 1.54) is 0 Å². The van der Waals surface area contributed by atoms with Crippen molar-refractivity contribution in [2.75, 3.05) is 13.1 Å². The minimum Gasteiger partial charge on any atom is -0.476 e. The molecule has 1 saturated heterocycles. The normalized spacial score (nSPS) is 17.9. The molecular weight excluding hydrogens is 390 g/mol. The Hall–Kier alpha value is -2.09. The summed E-state index contributed by atoms with van der Waals surface area (Å²) in [4.78, 5) is 25.4. The first-order valence-corrected chi connectivity index (χ1v) is 8.84. The van der Waals surface area contributed by atoms with E-state index < -0.39 is 11.6 Å². The van der Waals surface area contributed by atoms with Gasteiger partial charge in [-0.25, -0.2) is 9.59 Å². The van der Waals surface area contributed by atoms with E-state index in [2.05, 4.69) is 21.0 Å². The van der Waals surface area contributed by atoms with E-state index >= 15 is 0 Å². The number of aromatic carboxylic acids is 1. The molecule has 1 aromatic heterocycles. The van der Waals surface area contributed by atoms with Crippen LogP contribution < -0.4 is 0 Å². The molecule has 2 heterocycles. The summed E-state index contributed by atoms with van der Waals surface area (Å²) in [5.41, 5.74) is 0.222. The summed E-state index contributed by atoms with van der Waals surface area (Å²) in [5, 5.41) is 14.3. The first-order chi connectivity index (χ1) is 11.7. The second-order valence-electron chi connectivity index (χ2n) is 7.13. The monoisotopic (exact) mass is 409 g/mol. The van der Waals surface area contributed by atoms with Gasteiger partial charge in [0.15, 0.2) is 5.69 Å². The summed E-state index contributed by atoms with van der Waals surface area (Å²) in [6.07, 6.45) is 0.346. The number of nitrogens with zero attached hydrogens (tertiary/aromatic N) is 3. The zero-order valence-corrected chi connectivity index (χ0v) is 15.9. The van der Waals surface area contributed by atoms with Crippen LogP contribution in [0.4, 0.5) is 4.79 Å². The number of carbonyl (C=O) groups is 2. The van der Waals surface area contributed by atoms with E-state index in [0.717, 1.165) is 9.99 Å². The highest BCUT2D eigenvalue weighted by atomic mass is 79.9.